The minimum atomic E-state index is -1.04. The molecule has 0 aromatic heterocycles. The van der Waals surface area contributed by atoms with Crippen LogP contribution in [0.15, 0.2) is 47.6 Å². The molecule has 23 heavy (non-hydrogen) atoms. The highest BCUT2D eigenvalue weighted by Crippen LogP contribution is 2.16. The SMILES string of the molecule is CN(C)C(=O)/C(Cl)=N/OC(=O)OCc1ccc2ccccc2c1. The van der Waals surface area contributed by atoms with E-state index in [4.69, 9.17) is 16.3 Å². The van der Waals surface area contributed by atoms with E-state index in [1.165, 1.54) is 19.0 Å². The number of hydrogen-bond donors (Lipinski definition) is 0. The molecular formula is C16H15ClN2O4. The van der Waals surface area contributed by atoms with Crippen molar-refractivity contribution in [1.82, 2.24) is 4.90 Å². The maximum atomic E-state index is 11.4. The van der Waals surface area contributed by atoms with Crippen LogP contribution in [0.5, 0.6) is 0 Å². The second-order valence-corrected chi connectivity index (χ2v) is 5.25. The number of benzene rings is 2. The average molecular weight is 335 g/mol. The molecule has 2 rings (SSSR count). The average Bonchev–Trinajstić information content (AvgIpc) is 2.56. The van der Waals surface area contributed by atoms with Gasteiger partial charge in [0.25, 0.3) is 5.91 Å². The fourth-order valence-corrected chi connectivity index (χ4v) is 2.00. The van der Waals surface area contributed by atoms with Crippen molar-refractivity contribution >= 4 is 39.6 Å². The quantitative estimate of drug-likeness (QED) is 0.373. The molecule has 0 aliphatic heterocycles. The van der Waals surface area contributed by atoms with E-state index in [-0.39, 0.29) is 6.61 Å². The summed E-state index contributed by atoms with van der Waals surface area (Å²) in [6.45, 7) is 0.0262. The molecule has 0 N–H and O–H groups in total. The zero-order valence-electron chi connectivity index (χ0n) is 12.7. The molecule has 6 nitrogen and oxygen atoms in total. The number of amides is 1. The molecule has 2 aromatic rings. The van der Waals surface area contributed by atoms with E-state index < -0.39 is 17.2 Å². The number of carbonyl (C=O) groups excluding carboxylic acids is 2. The molecule has 0 atom stereocenters. The predicted molar refractivity (Wildman–Crippen MR) is 87.2 cm³/mol. The first-order valence-electron chi connectivity index (χ1n) is 6.74. The van der Waals surface area contributed by atoms with Crippen LogP contribution in [0.25, 0.3) is 10.8 Å². The van der Waals surface area contributed by atoms with Crippen LogP contribution in [0.4, 0.5) is 4.79 Å². The van der Waals surface area contributed by atoms with Crippen molar-refractivity contribution in [3.05, 3.63) is 48.0 Å². The van der Waals surface area contributed by atoms with Gasteiger partial charge < -0.3 is 9.64 Å². The summed E-state index contributed by atoms with van der Waals surface area (Å²) in [6.07, 6.45) is -1.04. The molecule has 7 heteroatoms. The predicted octanol–water partition coefficient (Wildman–Crippen LogP) is 3.13. The van der Waals surface area contributed by atoms with Crippen molar-refractivity contribution in [3.8, 4) is 0 Å². The van der Waals surface area contributed by atoms with Gasteiger partial charge in [-0.25, -0.2) is 4.79 Å². The standard InChI is InChI=1S/C16H15ClN2O4/c1-19(2)15(20)14(17)18-23-16(21)22-10-11-7-8-12-5-3-4-6-13(12)9-11/h3-9H,10H2,1-2H3/b18-14-. The molecule has 0 spiro atoms. The van der Waals surface area contributed by atoms with Gasteiger partial charge >= 0.3 is 6.16 Å². The van der Waals surface area contributed by atoms with Gasteiger partial charge in [0.2, 0.25) is 5.17 Å². The lowest BCUT2D eigenvalue weighted by Crippen LogP contribution is -2.27. The summed E-state index contributed by atoms with van der Waals surface area (Å²) in [7, 11) is 3.00. The Balaban J connectivity index is 1.90. The first-order valence-corrected chi connectivity index (χ1v) is 7.12. The lowest BCUT2D eigenvalue weighted by atomic mass is 10.1. The molecular weight excluding hydrogens is 320 g/mol. The highest BCUT2D eigenvalue weighted by Gasteiger charge is 2.13. The van der Waals surface area contributed by atoms with E-state index in [0.29, 0.717) is 0 Å². The summed E-state index contributed by atoms with van der Waals surface area (Å²) < 4.78 is 4.92. The van der Waals surface area contributed by atoms with Gasteiger partial charge in [-0.2, -0.15) is 0 Å². The summed E-state index contributed by atoms with van der Waals surface area (Å²) in [4.78, 5) is 28.5. The molecule has 0 radical (unpaired) electrons. The van der Waals surface area contributed by atoms with Crippen LogP contribution in [-0.4, -0.2) is 36.2 Å². The van der Waals surface area contributed by atoms with E-state index >= 15 is 0 Å². The minimum absolute atomic E-state index is 0.0262. The molecule has 2 aromatic carbocycles. The smallest absolute Gasteiger partial charge is 0.428 e. The van der Waals surface area contributed by atoms with Gasteiger partial charge in [0, 0.05) is 14.1 Å². The Labute approximate surface area is 138 Å². The van der Waals surface area contributed by atoms with Gasteiger partial charge in [-0.05, 0) is 22.4 Å². The Morgan fingerprint density at radius 1 is 1.13 bits per heavy atom. The number of oxime groups is 1. The number of halogens is 1. The number of fused-ring (bicyclic) bond motifs is 1. The zero-order valence-corrected chi connectivity index (χ0v) is 13.4. The van der Waals surface area contributed by atoms with Crippen molar-refractivity contribution in [3.63, 3.8) is 0 Å². The summed E-state index contributed by atoms with van der Waals surface area (Å²) in [5.41, 5.74) is 0.806. The molecule has 0 bridgehead atoms. The molecule has 0 saturated carbocycles. The summed E-state index contributed by atoms with van der Waals surface area (Å²) in [5, 5.41) is 4.90. The Hall–Kier alpha value is -2.60. The van der Waals surface area contributed by atoms with Crippen LogP contribution in [0.1, 0.15) is 5.56 Å². The molecule has 1 amide bonds. The summed E-state index contributed by atoms with van der Waals surface area (Å²) in [5.74, 6) is -0.575. The first-order chi connectivity index (χ1) is 11.0. The maximum absolute atomic E-state index is 11.4. The minimum Gasteiger partial charge on any atom is -0.428 e. The third-order valence-corrected chi connectivity index (χ3v) is 3.18. The van der Waals surface area contributed by atoms with Crippen LogP contribution in [0, 0.1) is 0 Å². The number of nitrogens with zero attached hydrogens (tertiary/aromatic N) is 2. The molecule has 0 aliphatic rings. The summed E-state index contributed by atoms with van der Waals surface area (Å²) >= 11 is 5.58. The zero-order chi connectivity index (χ0) is 16.8. The molecule has 0 aliphatic carbocycles. The van der Waals surface area contributed by atoms with E-state index in [2.05, 4.69) is 9.99 Å². The van der Waals surface area contributed by atoms with Crippen molar-refractivity contribution < 1.29 is 19.2 Å². The lowest BCUT2D eigenvalue weighted by Gasteiger charge is -2.07. The van der Waals surface area contributed by atoms with Crippen molar-refractivity contribution in [2.75, 3.05) is 14.1 Å². The van der Waals surface area contributed by atoms with Gasteiger partial charge in [-0.15, -0.1) is 0 Å². The Morgan fingerprint density at radius 2 is 1.83 bits per heavy atom. The fourth-order valence-electron chi connectivity index (χ4n) is 1.80. The Kier molecular flexibility index (Phi) is 5.54. The van der Waals surface area contributed by atoms with E-state index in [9.17, 15) is 9.59 Å². The maximum Gasteiger partial charge on any atom is 0.535 e. The molecule has 0 fully saturated rings. The fraction of sp³-hybridized carbons (Fsp3) is 0.188. The summed E-state index contributed by atoms with van der Waals surface area (Å²) in [6, 6.07) is 13.5. The lowest BCUT2D eigenvalue weighted by molar-refractivity contribution is -0.121. The monoisotopic (exact) mass is 334 g/mol. The second kappa shape index (κ2) is 7.60. The topological polar surface area (TPSA) is 68.2 Å². The number of carbonyl (C=O) groups is 2. The van der Waals surface area contributed by atoms with E-state index in [1.807, 2.05) is 42.5 Å². The molecule has 0 unspecified atom stereocenters. The Morgan fingerprint density at radius 3 is 2.52 bits per heavy atom. The van der Waals surface area contributed by atoms with Crippen LogP contribution in [-0.2, 0) is 21.0 Å². The van der Waals surface area contributed by atoms with Crippen LogP contribution >= 0.6 is 11.6 Å². The second-order valence-electron chi connectivity index (χ2n) is 4.89. The van der Waals surface area contributed by atoms with Gasteiger partial charge in [0.15, 0.2) is 0 Å². The highest BCUT2D eigenvalue weighted by atomic mass is 35.5. The van der Waals surface area contributed by atoms with Crippen LogP contribution in [0.2, 0.25) is 0 Å². The Bertz CT molecular complexity index is 759. The van der Waals surface area contributed by atoms with Crippen molar-refractivity contribution in [1.29, 1.82) is 0 Å². The first kappa shape index (κ1) is 16.8. The van der Waals surface area contributed by atoms with Crippen molar-refractivity contribution in [2.45, 2.75) is 6.61 Å². The van der Waals surface area contributed by atoms with Gasteiger partial charge in [-0.1, -0.05) is 53.2 Å². The van der Waals surface area contributed by atoms with E-state index in [1.54, 1.807) is 0 Å². The van der Waals surface area contributed by atoms with E-state index in [0.717, 1.165) is 16.3 Å². The normalized spacial score (nSPS) is 11.2. The van der Waals surface area contributed by atoms with Crippen molar-refractivity contribution in [2.24, 2.45) is 5.16 Å². The molecule has 120 valence electrons. The number of hydrogen-bond acceptors (Lipinski definition) is 5. The van der Waals surface area contributed by atoms with Gasteiger partial charge in [0.1, 0.15) is 6.61 Å². The number of rotatable bonds is 4. The van der Waals surface area contributed by atoms with Crippen LogP contribution < -0.4 is 0 Å². The third-order valence-electron chi connectivity index (χ3n) is 2.95. The largest absolute Gasteiger partial charge is 0.535 e. The highest BCUT2D eigenvalue weighted by molar-refractivity contribution is 6.82. The molecule has 0 heterocycles. The van der Waals surface area contributed by atoms with Gasteiger partial charge in [0.05, 0.1) is 0 Å². The van der Waals surface area contributed by atoms with Crippen LogP contribution in [0.3, 0.4) is 0 Å². The van der Waals surface area contributed by atoms with Gasteiger partial charge in [-0.3, -0.25) is 9.63 Å². The number of ether oxygens (including phenoxy) is 1. The third kappa shape index (κ3) is 4.69. The molecule has 0 saturated heterocycles.